The molecule has 7 heteroatoms. The predicted octanol–water partition coefficient (Wildman–Crippen LogP) is 0.0904. The lowest BCUT2D eigenvalue weighted by atomic mass is 10.1. The van der Waals surface area contributed by atoms with Gasteiger partial charge in [0.2, 0.25) is 0 Å². The van der Waals surface area contributed by atoms with E-state index in [1.807, 2.05) is 0 Å². The molecule has 0 spiro atoms. The van der Waals surface area contributed by atoms with Gasteiger partial charge in [-0.3, -0.25) is 0 Å². The van der Waals surface area contributed by atoms with Crippen LogP contribution in [0.5, 0.6) is 0 Å². The first-order valence-corrected chi connectivity index (χ1v) is 7.10. The lowest BCUT2D eigenvalue weighted by Gasteiger charge is -2.26. The highest BCUT2D eigenvalue weighted by molar-refractivity contribution is 7.87. The molecule has 2 N–H and O–H groups in total. The summed E-state index contributed by atoms with van der Waals surface area (Å²) in [5, 5.41) is 3.20. The second kappa shape index (κ2) is 6.16. The van der Waals surface area contributed by atoms with Crippen molar-refractivity contribution in [3.05, 3.63) is 0 Å². The number of halogens is 1. The van der Waals surface area contributed by atoms with E-state index in [1.54, 1.807) is 4.31 Å². The van der Waals surface area contributed by atoms with Crippen LogP contribution < -0.4 is 10.0 Å². The van der Waals surface area contributed by atoms with Gasteiger partial charge >= 0.3 is 0 Å². The first-order chi connectivity index (χ1) is 7.18. The molecule has 0 aliphatic carbocycles. The van der Waals surface area contributed by atoms with Crippen molar-refractivity contribution < 1.29 is 8.42 Å². The molecular weight excluding hydrogens is 250 g/mol. The van der Waals surface area contributed by atoms with Crippen molar-refractivity contribution in [3.63, 3.8) is 0 Å². The van der Waals surface area contributed by atoms with Crippen LogP contribution in [0.25, 0.3) is 0 Å². The molecule has 2 rings (SSSR count). The van der Waals surface area contributed by atoms with E-state index >= 15 is 0 Å². The number of piperidine rings is 1. The Balaban J connectivity index is 0.00000128. The predicted molar refractivity (Wildman–Crippen MR) is 66.0 cm³/mol. The average molecular weight is 270 g/mol. The molecule has 0 aromatic carbocycles. The lowest BCUT2D eigenvalue weighted by Crippen LogP contribution is -2.50. The molecule has 2 aliphatic rings. The zero-order valence-corrected chi connectivity index (χ0v) is 10.9. The maximum absolute atomic E-state index is 11.9. The first-order valence-electron chi connectivity index (χ1n) is 5.66. The molecule has 1 atom stereocenters. The summed E-state index contributed by atoms with van der Waals surface area (Å²) in [6.07, 6.45) is 3.97. The van der Waals surface area contributed by atoms with Crippen molar-refractivity contribution in [2.24, 2.45) is 0 Å². The van der Waals surface area contributed by atoms with E-state index in [2.05, 4.69) is 10.0 Å². The Labute approximate surface area is 104 Å². The van der Waals surface area contributed by atoms with Crippen LogP contribution in [0.2, 0.25) is 0 Å². The average Bonchev–Trinajstić information content (AvgIpc) is 2.71. The summed E-state index contributed by atoms with van der Waals surface area (Å²) in [6, 6.07) is 0.0735. The first kappa shape index (κ1) is 14.2. The third-order valence-corrected chi connectivity index (χ3v) is 4.69. The lowest BCUT2D eigenvalue weighted by molar-refractivity contribution is 0.404. The standard InChI is InChI=1S/C9H19N3O2S.ClH/c13-15(14,12-6-1-2-7-12)11-9-4-3-5-10-8-9;/h9-11H,1-8H2;1H/t9-;/m0./s1. The summed E-state index contributed by atoms with van der Waals surface area (Å²) in [6.45, 7) is 3.11. The van der Waals surface area contributed by atoms with Crippen molar-refractivity contribution in [3.8, 4) is 0 Å². The SMILES string of the molecule is Cl.O=S(=O)(N[C@H]1CCCNC1)N1CCCC1. The highest BCUT2D eigenvalue weighted by Crippen LogP contribution is 2.13. The fourth-order valence-corrected chi connectivity index (χ4v) is 3.68. The summed E-state index contributed by atoms with van der Waals surface area (Å²) in [5.41, 5.74) is 0. The molecule has 2 aliphatic heterocycles. The van der Waals surface area contributed by atoms with Crippen LogP contribution in [0.1, 0.15) is 25.7 Å². The number of hydrogen-bond donors (Lipinski definition) is 2. The van der Waals surface area contributed by atoms with Crippen LogP contribution in [0.3, 0.4) is 0 Å². The van der Waals surface area contributed by atoms with Gasteiger partial charge in [-0.2, -0.15) is 17.4 Å². The molecule has 96 valence electrons. The van der Waals surface area contributed by atoms with Crippen LogP contribution in [0.15, 0.2) is 0 Å². The van der Waals surface area contributed by atoms with Crippen LogP contribution in [-0.4, -0.2) is 44.9 Å². The van der Waals surface area contributed by atoms with Gasteiger partial charge in [0, 0.05) is 25.7 Å². The van der Waals surface area contributed by atoms with Crippen molar-refractivity contribution >= 4 is 22.6 Å². The minimum absolute atomic E-state index is 0. The van der Waals surface area contributed by atoms with Gasteiger partial charge in [-0.05, 0) is 32.2 Å². The van der Waals surface area contributed by atoms with Gasteiger partial charge in [0.05, 0.1) is 0 Å². The summed E-state index contributed by atoms with van der Waals surface area (Å²) < 4.78 is 28.1. The summed E-state index contributed by atoms with van der Waals surface area (Å²) >= 11 is 0. The molecule has 2 fully saturated rings. The molecule has 2 saturated heterocycles. The van der Waals surface area contributed by atoms with Crippen LogP contribution in [-0.2, 0) is 10.2 Å². The topological polar surface area (TPSA) is 61.4 Å². The number of nitrogens with one attached hydrogen (secondary N) is 2. The quantitative estimate of drug-likeness (QED) is 0.764. The number of rotatable bonds is 3. The minimum atomic E-state index is -3.22. The monoisotopic (exact) mass is 269 g/mol. The maximum Gasteiger partial charge on any atom is 0.279 e. The smallest absolute Gasteiger partial charge is 0.279 e. The summed E-state index contributed by atoms with van der Waals surface area (Å²) in [4.78, 5) is 0. The Morgan fingerprint density at radius 3 is 2.44 bits per heavy atom. The van der Waals surface area contributed by atoms with Gasteiger partial charge in [-0.25, -0.2) is 0 Å². The molecule has 0 radical (unpaired) electrons. The molecule has 0 aromatic rings. The minimum Gasteiger partial charge on any atom is -0.315 e. The Hall–Kier alpha value is 0.120. The van der Waals surface area contributed by atoms with Crippen molar-refractivity contribution in [2.75, 3.05) is 26.2 Å². The Kier molecular flexibility index (Phi) is 5.46. The summed E-state index contributed by atoms with van der Waals surface area (Å²) in [5.74, 6) is 0. The van der Waals surface area contributed by atoms with Crippen LogP contribution in [0.4, 0.5) is 0 Å². The highest BCUT2D eigenvalue weighted by atomic mass is 35.5. The van der Waals surface area contributed by atoms with Crippen molar-refractivity contribution in [2.45, 2.75) is 31.7 Å². The second-order valence-corrected chi connectivity index (χ2v) is 5.97. The van der Waals surface area contributed by atoms with Crippen molar-refractivity contribution in [1.82, 2.24) is 14.3 Å². The fraction of sp³-hybridized carbons (Fsp3) is 1.00. The molecule has 0 unspecified atom stereocenters. The maximum atomic E-state index is 11.9. The van der Waals surface area contributed by atoms with Gasteiger partial charge in [-0.1, -0.05) is 0 Å². The molecule has 0 aromatic heterocycles. The van der Waals surface area contributed by atoms with E-state index in [9.17, 15) is 8.42 Å². The molecule has 0 bridgehead atoms. The largest absolute Gasteiger partial charge is 0.315 e. The third kappa shape index (κ3) is 3.56. The van der Waals surface area contributed by atoms with E-state index in [4.69, 9.17) is 0 Å². The second-order valence-electron chi connectivity index (χ2n) is 4.27. The van der Waals surface area contributed by atoms with Gasteiger partial charge in [-0.15, -0.1) is 12.4 Å². The molecule has 0 amide bonds. The van der Waals surface area contributed by atoms with E-state index in [-0.39, 0.29) is 18.4 Å². The molecule has 5 nitrogen and oxygen atoms in total. The summed E-state index contributed by atoms with van der Waals surface area (Å²) in [7, 11) is -3.22. The van der Waals surface area contributed by atoms with Gasteiger partial charge < -0.3 is 5.32 Å². The van der Waals surface area contributed by atoms with Crippen LogP contribution >= 0.6 is 12.4 Å². The van der Waals surface area contributed by atoms with Gasteiger partial charge in [0.1, 0.15) is 0 Å². The van der Waals surface area contributed by atoms with E-state index in [1.165, 1.54) is 0 Å². The normalized spacial score (nSPS) is 27.6. The van der Waals surface area contributed by atoms with E-state index in [0.29, 0.717) is 13.1 Å². The Morgan fingerprint density at radius 1 is 1.19 bits per heavy atom. The third-order valence-electron chi connectivity index (χ3n) is 3.02. The van der Waals surface area contributed by atoms with Gasteiger partial charge in [0.15, 0.2) is 0 Å². The fourth-order valence-electron chi connectivity index (χ4n) is 2.17. The van der Waals surface area contributed by atoms with Gasteiger partial charge in [0.25, 0.3) is 10.2 Å². The Morgan fingerprint density at radius 2 is 1.88 bits per heavy atom. The highest BCUT2D eigenvalue weighted by Gasteiger charge is 2.28. The van der Waals surface area contributed by atoms with Crippen LogP contribution in [0, 0.1) is 0 Å². The molecule has 0 saturated carbocycles. The zero-order chi connectivity index (χ0) is 10.7. The molecular formula is C9H20ClN3O2S. The zero-order valence-electron chi connectivity index (χ0n) is 9.31. The van der Waals surface area contributed by atoms with E-state index in [0.717, 1.165) is 38.8 Å². The molecule has 16 heavy (non-hydrogen) atoms. The van der Waals surface area contributed by atoms with Crippen molar-refractivity contribution in [1.29, 1.82) is 0 Å². The number of nitrogens with zero attached hydrogens (tertiary/aromatic N) is 1. The number of hydrogen-bond acceptors (Lipinski definition) is 3. The molecule has 2 heterocycles. The van der Waals surface area contributed by atoms with E-state index < -0.39 is 10.2 Å². The Bertz CT molecular complexity index is 298.